The van der Waals surface area contributed by atoms with Gasteiger partial charge in [0.05, 0.1) is 30.5 Å². The summed E-state index contributed by atoms with van der Waals surface area (Å²) in [7, 11) is 1.39. The highest BCUT2D eigenvalue weighted by atomic mass is 16.5. The fourth-order valence-electron chi connectivity index (χ4n) is 1.65. The van der Waals surface area contributed by atoms with Crippen LogP contribution < -0.4 is 21.5 Å². The molecule has 1 aromatic carbocycles. The summed E-state index contributed by atoms with van der Waals surface area (Å²) < 4.78 is 5.08. The number of hydrogen-bond acceptors (Lipinski definition) is 6. The molecule has 1 heterocycles. The molecule has 0 spiro atoms. The number of nitrogen functional groups attached to an aromatic ring is 1. The Morgan fingerprint density at radius 1 is 1.52 bits per heavy atom. The molecule has 0 saturated carbocycles. The lowest BCUT2D eigenvalue weighted by Gasteiger charge is -2.10. The highest BCUT2D eigenvalue weighted by Crippen LogP contribution is 2.22. The Kier molecular flexibility index (Phi) is 3.85. The summed E-state index contributed by atoms with van der Waals surface area (Å²) in [4.78, 5) is 28.9. The Bertz CT molecular complexity index is 791. The molecule has 0 aliphatic carbocycles. The number of amides is 1. The first-order valence-corrected chi connectivity index (χ1v) is 5.79. The number of nitrogens with zero attached hydrogens (tertiary/aromatic N) is 2. The van der Waals surface area contributed by atoms with Gasteiger partial charge in [-0.25, -0.2) is 4.79 Å². The Morgan fingerprint density at radius 2 is 2.29 bits per heavy atom. The van der Waals surface area contributed by atoms with Crippen LogP contribution >= 0.6 is 0 Å². The number of nitrogens with two attached hydrogens (primary N) is 1. The van der Waals surface area contributed by atoms with E-state index in [2.05, 4.69) is 15.3 Å². The van der Waals surface area contributed by atoms with Crippen LogP contribution in [0.15, 0.2) is 29.2 Å². The fourth-order valence-corrected chi connectivity index (χ4v) is 1.65. The topological polar surface area (TPSA) is 134 Å². The van der Waals surface area contributed by atoms with Gasteiger partial charge in [0.1, 0.15) is 17.3 Å². The first-order chi connectivity index (χ1) is 10.0. The molecule has 21 heavy (non-hydrogen) atoms. The lowest BCUT2D eigenvalue weighted by atomic mass is 10.1. The van der Waals surface area contributed by atoms with Crippen molar-refractivity contribution >= 4 is 17.4 Å². The van der Waals surface area contributed by atoms with Crippen LogP contribution in [0.3, 0.4) is 0 Å². The largest absolute Gasteiger partial charge is 0.496 e. The smallest absolute Gasteiger partial charge is 0.346 e. The van der Waals surface area contributed by atoms with Crippen LogP contribution in [0.5, 0.6) is 5.75 Å². The molecule has 0 bridgehead atoms. The van der Waals surface area contributed by atoms with E-state index >= 15 is 0 Å². The number of anilines is 2. The quantitative estimate of drug-likeness (QED) is 0.751. The molecule has 106 valence electrons. The summed E-state index contributed by atoms with van der Waals surface area (Å²) in [5, 5.41) is 11.3. The molecule has 1 amide bonds. The monoisotopic (exact) mass is 285 g/mol. The maximum Gasteiger partial charge on any atom is 0.346 e. The van der Waals surface area contributed by atoms with Crippen molar-refractivity contribution in [2.24, 2.45) is 0 Å². The number of H-pyrrole nitrogens is 1. The third kappa shape index (κ3) is 2.98. The van der Waals surface area contributed by atoms with Gasteiger partial charge in [-0.1, -0.05) is 0 Å². The van der Waals surface area contributed by atoms with Crippen LogP contribution in [0.1, 0.15) is 15.9 Å². The van der Waals surface area contributed by atoms with Crippen molar-refractivity contribution < 1.29 is 9.53 Å². The van der Waals surface area contributed by atoms with Gasteiger partial charge in [0, 0.05) is 0 Å². The summed E-state index contributed by atoms with van der Waals surface area (Å²) in [5.41, 5.74) is 5.74. The maximum atomic E-state index is 12.2. The first-order valence-electron chi connectivity index (χ1n) is 5.79. The van der Waals surface area contributed by atoms with E-state index in [1.165, 1.54) is 25.3 Å². The molecule has 2 rings (SSSR count). The normalized spacial score (nSPS) is 9.71. The van der Waals surface area contributed by atoms with E-state index in [9.17, 15) is 9.59 Å². The molecule has 8 heteroatoms. The van der Waals surface area contributed by atoms with E-state index in [0.29, 0.717) is 5.56 Å². The number of carbonyl (C=O) groups excluding carboxylic acids is 1. The van der Waals surface area contributed by atoms with Crippen molar-refractivity contribution in [1.29, 1.82) is 5.26 Å². The Morgan fingerprint density at radius 3 is 2.90 bits per heavy atom. The number of methoxy groups -OCH3 is 1. The lowest BCUT2D eigenvalue weighted by molar-refractivity contribution is 0.102. The third-order valence-corrected chi connectivity index (χ3v) is 2.67. The van der Waals surface area contributed by atoms with Crippen molar-refractivity contribution in [3.8, 4) is 11.8 Å². The lowest BCUT2D eigenvalue weighted by Crippen LogP contribution is -2.19. The molecular formula is C13H11N5O3. The van der Waals surface area contributed by atoms with E-state index in [-0.39, 0.29) is 22.8 Å². The van der Waals surface area contributed by atoms with Crippen LogP contribution in [-0.2, 0) is 0 Å². The van der Waals surface area contributed by atoms with Gasteiger partial charge in [0.25, 0.3) is 5.91 Å². The zero-order valence-electron chi connectivity index (χ0n) is 11.0. The van der Waals surface area contributed by atoms with E-state index < -0.39 is 11.6 Å². The Balaban J connectivity index is 2.32. The van der Waals surface area contributed by atoms with E-state index in [0.717, 1.165) is 6.20 Å². The molecule has 0 aliphatic heterocycles. The molecule has 1 aromatic heterocycles. The van der Waals surface area contributed by atoms with Crippen LogP contribution in [0, 0.1) is 11.3 Å². The van der Waals surface area contributed by atoms with E-state index in [4.69, 9.17) is 15.7 Å². The van der Waals surface area contributed by atoms with Crippen LogP contribution in [0.2, 0.25) is 0 Å². The highest BCUT2D eigenvalue weighted by Gasteiger charge is 2.14. The molecule has 2 aromatic rings. The molecule has 0 fully saturated rings. The molecule has 0 unspecified atom stereocenters. The molecule has 8 nitrogen and oxygen atoms in total. The second kappa shape index (κ2) is 5.75. The first kappa shape index (κ1) is 14.1. The third-order valence-electron chi connectivity index (χ3n) is 2.67. The van der Waals surface area contributed by atoms with Gasteiger partial charge < -0.3 is 15.8 Å². The predicted octanol–water partition coefficient (Wildman–Crippen LogP) is 0.485. The second-order valence-electron chi connectivity index (χ2n) is 4.00. The summed E-state index contributed by atoms with van der Waals surface area (Å²) in [5.74, 6) is -0.254. The van der Waals surface area contributed by atoms with Crippen molar-refractivity contribution in [2.45, 2.75) is 0 Å². The zero-order valence-corrected chi connectivity index (χ0v) is 11.0. The van der Waals surface area contributed by atoms with Gasteiger partial charge in [-0.2, -0.15) is 10.2 Å². The molecule has 4 N–H and O–H groups in total. The fraction of sp³-hybridized carbons (Fsp3) is 0.0769. The second-order valence-corrected chi connectivity index (χ2v) is 4.00. The van der Waals surface area contributed by atoms with E-state index in [1.54, 1.807) is 0 Å². The number of carbonyl (C=O) groups is 1. The zero-order chi connectivity index (χ0) is 15.4. The number of ether oxygens (including phenoxy) is 1. The van der Waals surface area contributed by atoms with Crippen molar-refractivity contribution in [1.82, 2.24) is 9.97 Å². The Hall–Kier alpha value is -3.34. The highest BCUT2D eigenvalue weighted by molar-refractivity contribution is 6.07. The van der Waals surface area contributed by atoms with Crippen molar-refractivity contribution in [2.75, 3.05) is 18.2 Å². The van der Waals surface area contributed by atoms with Crippen LogP contribution in [0.25, 0.3) is 0 Å². The molecule has 0 aliphatic rings. The van der Waals surface area contributed by atoms with Gasteiger partial charge in [-0.3, -0.25) is 9.78 Å². The predicted molar refractivity (Wildman–Crippen MR) is 74.9 cm³/mol. The molecule has 0 saturated heterocycles. The number of aromatic nitrogens is 2. The number of rotatable bonds is 3. The minimum Gasteiger partial charge on any atom is -0.496 e. The van der Waals surface area contributed by atoms with Gasteiger partial charge in [0.2, 0.25) is 0 Å². The van der Waals surface area contributed by atoms with Gasteiger partial charge in [0.15, 0.2) is 0 Å². The summed E-state index contributed by atoms with van der Waals surface area (Å²) in [6.45, 7) is 0. The van der Waals surface area contributed by atoms with Crippen molar-refractivity contribution in [3.63, 3.8) is 0 Å². The van der Waals surface area contributed by atoms with Gasteiger partial charge >= 0.3 is 5.69 Å². The van der Waals surface area contributed by atoms with Crippen molar-refractivity contribution in [3.05, 3.63) is 46.0 Å². The number of nitrogens with one attached hydrogen (secondary N) is 2. The van der Waals surface area contributed by atoms with Crippen LogP contribution in [-0.4, -0.2) is 23.0 Å². The Labute approximate surface area is 119 Å². The summed E-state index contributed by atoms with van der Waals surface area (Å²) >= 11 is 0. The number of aromatic amines is 1. The minimum absolute atomic E-state index is 0.00374. The molecule has 0 atom stereocenters. The van der Waals surface area contributed by atoms with Gasteiger partial charge in [-0.15, -0.1) is 0 Å². The minimum atomic E-state index is -0.610. The average Bonchev–Trinajstić information content (AvgIpc) is 2.49. The molecular weight excluding hydrogens is 274 g/mol. The number of nitriles is 1. The number of hydrogen-bond donors (Lipinski definition) is 3. The maximum absolute atomic E-state index is 12.2. The van der Waals surface area contributed by atoms with Crippen LogP contribution in [0.4, 0.5) is 11.5 Å². The van der Waals surface area contributed by atoms with Gasteiger partial charge in [-0.05, 0) is 18.2 Å². The number of benzene rings is 1. The standard InChI is InChI=1S/C13H11N5O3/c1-21-10-4-7(5-14)2-3-8(10)12(19)17-9-6-16-13(20)18-11(9)15/h2-4,6H,1H3,(H,17,19)(H3,15,16,18,20). The molecule has 0 radical (unpaired) electrons. The SMILES string of the molecule is COc1cc(C#N)ccc1C(=O)Nc1cnc(=O)[nH]c1N. The summed E-state index contributed by atoms with van der Waals surface area (Å²) in [6.07, 6.45) is 1.15. The summed E-state index contributed by atoms with van der Waals surface area (Å²) in [6, 6.07) is 6.35. The average molecular weight is 285 g/mol. The van der Waals surface area contributed by atoms with E-state index in [1.807, 2.05) is 6.07 Å².